The summed E-state index contributed by atoms with van der Waals surface area (Å²) in [5, 5.41) is 8.69. The SMILES string of the molecule is COc1cc(C)c(C(=O)CC(N)C(=O)O)cc1C. The van der Waals surface area contributed by atoms with Crippen LogP contribution in [0.4, 0.5) is 0 Å². The van der Waals surface area contributed by atoms with E-state index in [0.717, 1.165) is 11.1 Å². The van der Waals surface area contributed by atoms with E-state index in [-0.39, 0.29) is 12.2 Å². The van der Waals surface area contributed by atoms with Gasteiger partial charge in [0.25, 0.3) is 0 Å². The topological polar surface area (TPSA) is 89.6 Å². The molecular formula is C13H17NO4. The molecule has 0 saturated carbocycles. The molecule has 5 heteroatoms. The second-order valence-electron chi connectivity index (χ2n) is 4.21. The van der Waals surface area contributed by atoms with Gasteiger partial charge >= 0.3 is 5.97 Å². The summed E-state index contributed by atoms with van der Waals surface area (Å²) in [6.45, 7) is 3.60. The summed E-state index contributed by atoms with van der Waals surface area (Å²) in [4.78, 5) is 22.6. The molecule has 1 unspecified atom stereocenters. The average Bonchev–Trinajstić information content (AvgIpc) is 2.31. The fraction of sp³-hybridized carbons (Fsp3) is 0.385. The minimum absolute atomic E-state index is 0.206. The Labute approximate surface area is 106 Å². The number of carbonyl (C=O) groups is 2. The van der Waals surface area contributed by atoms with Crippen LogP contribution >= 0.6 is 0 Å². The number of aryl methyl sites for hydroxylation is 2. The van der Waals surface area contributed by atoms with Gasteiger partial charge in [-0.05, 0) is 37.1 Å². The van der Waals surface area contributed by atoms with Crippen LogP contribution < -0.4 is 10.5 Å². The van der Waals surface area contributed by atoms with E-state index in [0.29, 0.717) is 11.3 Å². The molecule has 3 N–H and O–H groups in total. The second-order valence-corrected chi connectivity index (χ2v) is 4.21. The van der Waals surface area contributed by atoms with Gasteiger partial charge in [-0.15, -0.1) is 0 Å². The molecule has 1 aromatic carbocycles. The number of carboxylic acids is 1. The number of hydrogen-bond acceptors (Lipinski definition) is 4. The van der Waals surface area contributed by atoms with Gasteiger partial charge < -0.3 is 15.6 Å². The first-order valence-corrected chi connectivity index (χ1v) is 5.53. The van der Waals surface area contributed by atoms with Crippen LogP contribution in [-0.2, 0) is 4.79 Å². The molecule has 98 valence electrons. The quantitative estimate of drug-likeness (QED) is 0.770. The van der Waals surface area contributed by atoms with E-state index in [2.05, 4.69) is 0 Å². The number of hydrogen-bond donors (Lipinski definition) is 2. The van der Waals surface area contributed by atoms with Gasteiger partial charge in [0, 0.05) is 12.0 Å². The Hall–Kier alpha value is -1.88. The third kappa shape index (κ3) is 3.07. The molecule has 0 radical (unpaired) electrons. The third-order valence-electron chi connectivity index (χ3n) is 2.76. The molecule has 0 amide bonds. The number of ether oxygens (including phenoxy) is 1. The lowest BCUT2D eigenvalue weighted by atomic mass is 9.97. The van der Waals surface area contributed by atoms with Gasteiger partial charge in [0.1, 0.15) is 11.8 Å². The van der Waals surface area contributed by atoms with Crippen molar-refractivity contribution >= 4 is 11.8 Å². The van der Waals surface area contributed by atoms with E-state index in [1.807, 2.05) is 6.92 Å². The van der Waals surface area contributed by atoms with Crippen molar-refractivity contribution in [1.82, 2.24) is 0 Å². The number of nitrogens with two attached hydrogens (primary N) is 1. The molecule has 0 aromatic heterocycles. The van der Waals surface area contributed by atoms with Crippen molar-refractivity contribution in [3.63, 3.8) is 0 Å². The Bertz CT molecular complexity index is 482. The maximum atomic E-state index is 11.9. The van der Waals surface area contributed by atoms with Crippen LogP contribution in [-0.4, -0.2) is 30.0 Å². The third-order valence-corrected chi connectivity index (χ3v) is 2.76. The molecule has 1 rings (SSSR count). The fourth-order valence-electron chi connectivity index (χ4n) is 1.71. The van der Waals surface area contributed by atoms with E-state index < -0.39 is 12.0 Å². The Morgan fingerprint density at radius 2 is 1.94 bits per heavy atom. The van der Waals surface area contributed by atoms with Crippen molar-refractivity contribution in [3.05, 3.63) is 28.8 Å². The van der Waals surface area contributed by atoms with Crippen LogP contribution in [0, 0.1) is 13.8 Å². The summed E-state index contributed by atoms with van der Waals surface area (Å²) in [5.74, 6) is -0.744. The zero-order valence-corrected chi connectivity index (χ0v) is 10.7. The van der Waals surface area contributed by atoms with Gasteiger partial charge in [-0.25, -0.2) is 0 Å². The molecule has 0 aliphatic rings. The maximum absolute atomic E-state index is 11.9. The molecule has 0 fully saturated rings. The van der Waals surface area contributed by atoms with E-state index in [4.69, 9.17) is 15.6 Å². The molecule has 18 heavy (non-hydrogen) atoms. The van der Waals surface area contributed by atoms with Crippen molar-refractivity contribution < 1.29 is 19.4 Å². The van der Waals surface area contributed by atoms with Gasteiger partial charge in [0.15, 0.2) is 5.78 Å². The van der Waals surface area contributed by atoms with E-state index in [9.17, 15) is 9.59 Å². The summed E-state index contributed by atoms with van der Waals surface area (Å²) in [7, 11) is 1.56. The highest BCUT2D eigenvalue weighted by Crippen LogP contribution is 2.23. The second kappa shape index (κ2) is 5.64. The van der Waals surface area contributed by atoms with Gasteiger partial charge in [0.05, 0.1) is 7.11 Å². The summed E-state index contributed by atoms with van der Waals surface area (Å²) in [6.07, 6.45) is -0.206. The molecular weight excluding hydrogens is 234 g/mol. The zero-order chi connectivity index (χ0) is 13.9. The molecule has 0 aliphatic heterocycles. The maximum Gasteiger partial charge on any atom is 0.320 e. The fourth-order valence-corrected chi connectivity index (χ4v) is 1.71. The highest BCUT2D eigenvalue weighted by Gasteiger charge is 2.19. The first-order valence-electron chi connectivity index (χ1n) is 5.53. The monoisotopic (exact) mass is 251 g/mol. The summed E-state index contributed by atoms with van der Waals surface area (Å²) < 4.78 is 5.15. The van der Waals surface area contributed by atoms with Crippen LogP contribution in [0.5, 0.6) is 5.75 Å². The molecule has 0 saturated heterocycles. The summed E-state index contributed by atoms with van der Waals surface area (Å²) >= 11 is 0. The van der Waals surface area contributed by atoms with Crippen LogP contribution in [0.1, 0.15) is 27.9 Å². The lowest BCUT2D eigenvalue weighted by molar-refractivity contribution is -0.138. The first kappa shape index (κ1) is 14.2. The Balaban J connectivity index is 3.00. The predicted molar refractivity (Wildman–Crippen MR) is 67.0 cm³/mol. The highest BCUT2D eigenvalue weighted by molar-refractivity contribution is 6.00. The molecule has 1 aromatic rings. The van der Waals surface area contributed by atoms with Crippen LogP contribution in [0.25, 0.3) is 0 Å². The Morgan fingerprint density at radius 3 is 2.44 bits per heavy atom. The van der Waals surface area contributed by atoms with Crippen LogP contribution in [0.15, 0.2) is 12.1 Å². The van der Waals surface area contributed by atoms with Crippen molar-refractivity contribution in [3.8, 4) is 5.75 Å². The zero-order valence-electron chi connectivity index (χ0n) is 10.7. The predicted octanol–water partition coefficient (Wildman–Crippen LogP) is 1.30. The van der Waals surface area contributed by atoms with Crippen LogP contribution in [0.2, 0.25) is 0 Å². The van der Waals surface area contributed by atoms with Crippen molar-refractivity contribution in [2.24, 2.45) is 5.73 Å². The van der Waals surface area contributed by atoms with E-state index in [1.165, 1.54) is 0 Å². The number of rotatable bonds is 5. The Morgan fingerprint density at radius 1 is 1.33 bits per heavy atom. The number of benzene rings is 1. The molecule has 0 heterocycles. The summed E-state index contributed by atoms with van der Waals surface area (Å²) in [5.41, 5.74) is 7.42. The first-order chi connectivity index (χ1) is 8.36. The molecule has 0 bridgehead atoms. The van der Waals surface area contributed by atoms with Crippen molar-refractivity contribution in [1.29, 1.82) is 0 Å². The number of ketones is 1. The number of carboxylic acid groups (broad SMARTS) is 1. The van der Waals surface area contributed by atoms with Gasteiger partial charge in [0.2, 0.25) is 0 Å². The normalized spacial score (nSPS) is 12.0. The van der Waals surface area contributed by atoms with Crippen molar-refractivity contribution in [2.75, 3.05) is 7.11 Å². The Kier molecular flexibility index (Phi) is 4.44. The van der Waals surface area contributed by atoms with Crippen molar-refractivity contribution in [2.45, 2.75) is 26.3 Å². The number of aliphatic carboxylic acids is 1. The van der Waals surface area contributed by atoms with Gasteiger partial charge in [-0.2, -0.15) is 0 Å². The van der Waals surface area contributed by atoms with Gasteiger partial charge in [-0.1, -0.05) is 0 Å². The lowest BCUT2D eigenvalue weighted by Gasteiger charge is -2.11. The number of carbonyl (C=O) groups excluding carboxylic acids is 1. The van der Waals surface area contributed by atoms with E-state index in [1.54, 1.807) is 26.2 Å². The summed E-state index contributed by atoms with van der Waals surface area (Å²) in [6, 6.07) is 2.29. The van der Waals surface area contributed by atoms with E-state index >= 15 is 0 Å². The molecule has 0 spiro atoms. The van der Waals surface area contributed by atoms with Crippen LogP contribution in [0.3, 0.4) is 0 Å². The number of methoxy groups -OCH3 is 1. The average molecular weight is 251 g/mol. The number of Topliss-reactive ketones (excluding diaryl/α,β-unsaturated/α-hetero) is 1. The largest absolute Gasteiger partial charge is 0.496 e. The molecule has 5 nitrogen and oxygen atoms in total. The molecule has 0 aliphatic carbocycles. The minimum Gasteiger partial charge on any atom is -0.496 e. The molecule has 1 atom stereocenters. The highest BCUT2D eigenvalue weighted by atomic mass is 16.5. The van der Waals surface area contributed by atoms with Gasteiger partial charge in [-0.3, -0.25) is 9.59 Å². The minimum atomic E-state index is -1.17. The lowest BCUT2D eigenvalue weighted by Crippen LogP contribution is -2.32. The standard InChI is InChI=1S/C13H17NO4/c1-7-5-12(18-3)8(2)4-9(7)11(15)6-10(14)13(16)17/h4-5,10H,6,14H2,1-3H3,(H,16,17). The smallest absolute Gasteiger partial charge is 0.320 e.